The van der Waals surface area contributed by atoms with Crippen LogP contribution in [0.5, 0.6) is 0 Å². The number of nitrogen functional groups attached to an aromatic ring is 1. The van der Waals surface area contributed by atoms with Crippen molar-refractivity contribution in [2.75, 3.05) is 18.1 Å². The number of aryl methyl sites for hydroxylation is 1. The molecule has 1 heterocycles. The third kappa shape index (κ3) is 4.03. The van der Waals surface area contributed by atoms with Gasteiger partial charge >= 0.3 is 0 Å². The van der Waals surface area contributed by atoms with Crippen molar-refractivity contribution >= 4 is 18.4 Å². The molecule has 1 aromatic heterocycles. The molecule has 1 rings (SSSR count). The Labute approximate surface area is 94.1 Å². The van der Waals surface area contributed by atoms with Gasteiger partial charge in [-0.25, -0.2) is 9.97 Å². The Kier molecular flexibility index (Phi) is 4.80. The largest absolute Gasteiger partial charge is 0.390 e. The molecule has 6 heteroatoms. The highest BCUT2D eigenvalue weighted by Gasteiger charge is 2.04. The molecule has 0 saturated heterocycles. The second kappa shape index (κ2) is 5.89. The van der Waals surface area contributed by atoms with Crippen LogP contribution >= 0.6 is 12.6 Å². The summed E-state index contributed by atoms with van der Waals surface area (Å²) in [6.07, 6.45) is 1.08. The Hall–Kier alpha value is -0.850. The summed E-state index contributed by atoms with van der Waals surface area (Å²) in [5.74, 6) is 1.43. The fourth-order valence-electron chi connectivity index (χ4n) is 0.981. The summed E-state index contributed by atoms with van der Waals surface area (Å²) in [7, 11) is 0. The first-order valence-electron chi connectivity index (χ1n) is 4.58. The lowest BCUT2D eigenvalue weighted by molar-refractivity contribution is 0.0400. The Morgan fingerprint density at radius 3 is 3.00 bits per heavy atom. The average Bonchev–Trinajstić information content (AvgIpc) is 2.21. The molecule has 0 spiro atoms. The molecule has 0 amide bonds. The van der Waals surface area contributed by atoms with Crippen LogP contribution < -0.4 is 5.73 Å². The number of hydrogen-bond donors (Lipinski definition) is 3. The van der Waals surface area contributed by atoms with Gasteiger partial charge in [-0.2, -0.15) is 12.6 Å². The molecule has 15 heavy (non-hydrogen) atoms. The smallest absolute Gasteiger partial charge is 0.132 e. The van der Waals surface area contributed by atoms with E-state index in [1.807, 2.05) is 0 Å². The van der Waals surface area contributed by atoms with Gasteiger partial charge in [-0.05, 0) is 6.92 Å². The van der Waals surface area contributed by atoms with Gasteiger partial charge < -0.3 is 15.6 Å². The highest BCUT2D eigenvalue weighted by atomic mass is 32.1. The number of rotatable bonds is 5. The van der Waals surface area contributed by atoms with Gasteiger partial charge in [0, 0.05) is 17.5 Å². The highest BCUT2D eigenvalue weighted by molar-refractivity contribution is 7.80. The topological polar surface area (TPSA) is 81.3 Å². The lowest BCUT2D eigenvalue weighted by atomic mass is 10.3. The molecule has 0 aliphatic rings. The van der Waals surface area contributed by atoms with Gasteiger partial charge in [0.2, 0.25) is 0 Å². The quantitative estimate of drug-likeness (QED) is 0.627. The summed E-state index contributed by atoms with van der Waals surface area (Å²) in [5, 5.41) is 9.19. The maximum Gasteiger partial charge on any atom is 0.132 e. The molecular weight excluding hydrogens is 214 g/mol. The summed E-state index contributed by atoms with van der Waals surface area (Å²) in [5.41, 5.74) is 6.39. The molecule has 0 aliphatic heterocycles. The molecule has 1 aromatic rings. The van der Waals surface area contributed by atoms with E-state index in [4.69, 9.17) is 10.5 Å². The summed E-state index contributed by atoms with van der Waals surface area (Å²) in [6.45, 7) is 2.30. The summed E-state index contributed by atoms with van der Waals surface area (Å²) < 4.78 is 5.23. The number of nitrogens with zero attached hydrogens (tertiary/aromatic N) is 2. The number of ether oxygens (including phenoxy) is 1. The molecule has 1 unspecified atom stereocenters. The van der Waals surface area contributed by atoms with Crippen molar-refractivity contribution in [3.05, 3.63) is 17.6 Å². The van der Waals surface area contributed by atoms with Crippen LogP contribution in [0.1, 0.15) is 11.4 Å². The molecule has 0 bridgehead atoms. The lowest BCUT2D eigenvalue weighted by Crippen LogP contribution is -2.17. The van der Waals surface area contributed by atoms with Gasteiger partial charge in [-0.1, -0.05) is 0 Å². The Morgan fingerprint density at radius 2 is 2.40 bits per heavy atom. The van der Waals surface area contributed by atoms with Crippen molar-refractivity contribution in [2.45, 2.75) is 19.6 Å². The minimum absolute atomic E-state index is 0.233. The van der Waals surface area contributed by atoms with E-state index in [0.29, 0.717) is 24.0 Å². The predicted octanol–water partition coefficient (Wildman–Crippen LogP) is 0.175. The van der Waals surface area contributed by atoms with Crippen molar-refractivity contribution in [1.29, 1.82) is 0 Å². The van der Waals surface area contributed by atoms with Crippen LogP contribution in [0.4, 0.5) is 5.82 Å². The third-order valence-electron chi connectivity index (χ3n) is 1.80. The molecule has 0 saturated carbocycles. The average molecular weight is 229 g/mol. The lowest BCUT2D eigenvalue weighted by Gasteiger charge is -2.09. The first-order chi connectivity index (χ1) is 7.13. The zero-order valence-electron chi connectivity index (χ0n) is 8.55. The third-order valence-corrected chi connectivity index (χ3v) is 2.22. The zero-order chi connectivity index (χ0) is 11.3. The standard InChI is InChI=1S/C9H15N3O2S/c1-6-11-2-7(9(10)12-6)3-14-4-8(13)5-15/h2,8,13,15H,3-5H2,1H3,(H2,10,11,12). The van der Waals surface area contributed by atoms with Crippen LogP contribution in [0.25, 0.3) is 0 Å². The summed E-state index contributed by atoms with van der Waals surface area (Å²) >= 11 is 3.93. The van der Waals surface area contributed by atoms with Gasteiger partial charge in [0.15, 0.2) is 0 Å². The highest BCUT2D eigenvalue weighted by Crippen LogP contribution is 2.08. The second-order valence-corrected chi connectivity index (χ2v) is 3.54. The Morgan fingerprint density at radius 1 is 1.67 bits per heavy atom. The minimum atomic E-state index is -0.555. The predicted molar refractivity (Wildman–Crippen MR) is 60.7 cm³/mol. The summed E-state index contributed by atoms with van der Waals surface area (Å²) in [4.78, 5) is 8.01. The molecule has 0 aromatic carbocycles. The number of aliphatic hydroxyl groups is 1. The fourth-order valence-corrected chi connectivity index (χ4v) is 1.09. The molecule has 5 nitrogen and oxygen atoms in total. The van der Waals surface area contributed by atoms with E-state index < -0.39 is 6.10 Å². The van der Waals surface area contributed by atoms with Crippen molar-refractivity contribution in [3.63, 3.8) is 0 Å². The van der Waals surface area contributed by atoms with Gasteiger partial charge in [0.25, 0.3) is 0 Å². The van der Waals surface area contributed by atoms with E-state index in [-0.39, 0.29) is 6.61 Å². The second-order valence-electron chi connectivity index (χ2n) is 3.18. The SMILES string of the molecule is Cc1ncc(COCC(O)CS)c(N)n1. The molecule has 0 fully saturated rings. The summed E-state index contributed by atoms with van der Waals surface area (Å²) in [6, 6.07) is 0. The number of anilines is 1. The van der Waals surface area contributed by atoms with Crippen molar-refractivity contribution < 1.29 is 9.84 Å². The Balaban J connectivity index is 2.44. The molecular formula is C9H15N3O2S. The van der Waals surface area contributed by atoms with E-state index >= 15 is 0 Å². The Bertz CT molecular complexity index is 322. The van der Waals surface area contributed by atoms with Crippen LogP contribution in [0.15, 0.2) is 6.20 Å². The van der Waals surface area contributed by atoms with Crippen LogP contribution in [0, 0.1) is 6.92 Å². The van der Waals surface area contributed by atoms with E-state index in [0.717, 1.165) is 5.56 Å². The van der Waals surface area contributed by atoms with Crippen molar-refractivity contribution in [2.24, 2.45) is 0 Å². The first-order valence-corrected chi connectivity index (χ1v) is 5.21. The molecule has 3 N–H and O–H groups in total. The van der Waals surface area contributed by atoms with E-state index in [1.165, 1.54) is 0 Å². The molecule has 0 radical (unpaired) electrons. The fraction of sp³-hybridized carbons (Fsp3) is 0.556. The van der Waals surface area contributed by atoms with Crippen LogP contribution in [0.2, 0.25) is 0 Å². The maximum atomic E-state index is 9.19. The van der Waals surface area contributed by atoms with Crippen LogP contribution in [-0.4, -0.2) is 33.5 Å². The maximum absolute atomic E-state index is 9.19. The van der Waals surface area contributed by atoms with Gasteiger partial charge in [0.1, 0.15) is 11.6 Å². The van der Waals surface area contributed by atoms with Crippen LogP contribution in [0.3, 0.4) is 0 Å². The van der Waals surface area contributed by atoms with Crippen molar-refractivity contribution in [1.82, 2.24) is 9.97 Å². The van der Waals surface area contributed by atoms with E-state index in [9.17, 15) is 5.11 Å². The van der Waals surface area contributed by atoms with Crippen LogP contribution in [-0.2, 0) is 11.3 Å². The van der Waals surface area contributed by atoms with E-state index in [1.54, 1.807) is 13.1 Å². The van der Waals surface area contributed by atoms with E-state index in [2.05, 4.69) is 22.6 Å². The number of hydrogen-bond acceptors (Lipinski definition) is 6. The monoisotopic (exact) mass is 229 g/mol. The normalized spacial score (nSPS) is 12.7. The number of aromatic nitrogens is 2. The molecule has 1 atom stereocenters. The minimum Gasteiger partial charge on any atom is -0.390 e. The molecule has 0 aliphatic carbocycles. The first kappa shape index (κ1) is 12.2. The van der Waals surface area contributed by atoms with Gasteiger partial charge in [-0.15, -0.1) is 0 Å². The number of thiol groups is 1. The molecule has 84 valence electrons. The van der Waals surface area contributed by atoms with Crippen molar-refractivity contribution in [3.8, 4) is 0 Å². The zero-order valence-corrected chi connectivity index (χ0v) is 9.44. The van der Waals surface area contributed by atoms with Gasteiger partial charge in [-0.3, -0.25) is 0 Å². The number of nitrogens with two attached hydrogens (primary N) is 1. The number of aliphatic hydroxyl groups excluding tert-OH is 1. The van der Waals surface area contributed by atoms with Gasteiger partial charge in [0.05, 0.1) is 19.3 Å².